The van der Waals surface area contributed by atoms with Crippen molar-refractivity contribution in [2.45, 2.75) is 224 Å². The highest BCUT2D eigenvalue weighted by Crippen LogP contribution is 2.66. The Kier molecular flexibility index (Phi) is 16.5. The first-order valence-electron chi connectivity index (χ1n) is 28.0. The molecule has 0 bridgehead atoms. The smallest absolute Gasteiger partial charge is 0.242 e. The Morgan fingerprint density at radius 1 is 0.373 bits per heavy atom. The minimum atomic E-state index is -1.86. The first kappa shape index (κ1) is 60.8. The van der Waals surface area contributed by atoms with Crippen molar-refractivity contribution in [3.05, 3.63) is 93.0 Å². The van der Waals surface area contributed by atoms with Crippen LogP contribution in [0.3, 0.4) is 0 Å². The molecular formula is C61H100O8Si6. The van der Waals surface area contributed by atoms with E-state index in [1.165, 1.54) is 22.3 Å². The summed E-state index contributed by atoms with van der Waals surface area (Å²) in [7, 11) is -6.95. The van der Waals surface area contributed by atoms with Gasteiger partial charge in [-0.1, -0.05) is 127 Å². The third-order valence-electron chi connectivity index (χ3n) is 15.4. The minimum Gasteiger partial charge on any atom is -0.542 e. The maximum Gasteiger partial charge on any atom is 0.242 e. The second-order valence-corrected chi connectivity index (χ2v) is 57.8. The molecule has 0 saturated heterocycles. The highest BCUT2D eigenvalue weighted by Gasteiger charge is 2.59. The van der Waals surface area contributed by atoms with Crippen LogP contribution in [0.5, 0.6) is 46.0 Å². The number of phenols is 4. The van der Waals surface area contributed by atoms with Crippen molar-refractivity contribution in [1.82, 2.24) is 0 Å². The van der Waals surface area contributed by atoms with Gasteiger partial charge >= 0.3 is 0 Å². The molecule has 1 atom stereocenters. The first-order valence-corrected chi connectivity index (χ1v) is 48.5. The summed E-state index contributed by atoms with van der Waals surface area (Å²) in [5.41, 5.74) is 10.5. The number of benzene rings is 4. The molecule has 0 aromatic heterocycles. The van der Waals surface area contributed by atoms with E-state index in [0.29, 0.717) is 0 Å². The maximum absolute atomic E-state index is 10.1. The van der Waals surface area contributed by atoms with E-state index >= 15 is 0 Å². The Morgan fingerprint density at radius 3 is 0.853 bits per heavy atom. The maximum atomic E-state index is 10.1. The average Bonchev–Trinajstić information content (AvgIpc) is 3.73. The number of rotatable bonds is 12. The fourth-order valence-corrected chi connectivity index (χ4v) is 29.2. The molecule has 416 valence electrons. The zero-order valence-corrected chi connectivity index (χ0v) is 57.5. The molecule has 0 heterocycles. The van der Waals surface area contributed by atoms with E-state index in [1.807, 2.05) is 0 Å². The molecule has 2 spiro atoms. The lowest BCUT2D eigenvalue weighted by Gasteiger charge is -2.31. The van der Waals surface area contributed by atoms with E-state index in [0.717, 1.165) is 83.4 Å². The Balaban J connectivity index is 0.000000226. The van der Waals surface area contributed by atoms with Gasteiger partial charge in [0.25, 0.3) is 0 Å². The summed E-state index contributed by atoms with van der Waals surface area (Å²) in [4.78, 5) is 0. The zero-order chi connectivity index (χ0) is 56.8. The molecule has 1 unspecified atom stereocenters. The molecule has 0 fully saturated rings. The monoisotopic (exact) mass is 1130 g/mol. The van der Waals surface area contributed by atoms with E-state index in [2.05, 4.69) is 184 Å². The zero-order valence-electron chi connectivity index (χ0n) is 51.1. The molecule has 8 rings (SSSR count). The van der Waals surface area contributed by atoms with Crippen molar-refractivity contribution < 1.29 is 38.8 Å². The lowest BCUT2D eigenvalue weighted by molar-refractivity contribution is 0.347. The molecule has 14 heteroatoms. The fourth-order valence-electron chi connectivity index (χ4n) is 13.8. The van der Waals surface area contributed by atoms with Gasteiger partial charge in [0.2, 0.25) is 16.6 Å². The normalized spacial score (nSPS) is 20.2. The van der Waals surface area contributed by atoms with Crippen LogP contribution in [0.2, 0.25) is 110 Å². The van der Waals surface area contributed by atoms with E-state index in [9.17, 15) is 20.4 Å². The summed E-state index contributed by atoms with van der Waals surface area (Å²) < 4.78 is 26.5. The molecule has 8 nitrogen and oxygen atoms in total. The van der Waals surface area contributed by atoms with Crippen molar-refractivity contribution in [1.29, 1.82) is 0 Å². The minimum absolute atomic E-state index is 0.00805. The molecular weight excluding hydrogens is 1030 g/mol. The lowest BCUT2D eigenvalue weighted by Crippen LogP contribution is -2.34. The van der Waals surface area contributed by atoms with E-state index < -0.39 is 50.4 Å². The Hall–Kier alpha value is -3.42. The topological polar surface area (TPSA) is 118 Å². The standard InChI is InChI=1S/C33H56O4Si4.C21H24O4.C7H20Si2/c1-31(2)19-33(26-18-30(37-41(12,13)14)27(15-23(26)31)34-21-38(5)6)20-32(3,4)24-16-29(36-40(9,10)11)28(17-25(24)33)35-22-39(7)8;1-19(2)9-21(13-7-17(24)15(22)5-11(13)19)10-20(3,4)12-6-16(23)18(25)8-14(12)21;1-8(2,3)7-9(4,5)6/h15-18,38-39H,19-22H2,1-14H3;5-8,22-25H,9-10H2,1-4H3;7H2,1-6H3. The van der Waals surface area contributed by atoms with Crippen LogP contribution in [0.1, 0.15) is 126 Å². The fraction of sp³-hybridized carbons (Fsp3) is 0.607. The number of fused-ring (bicyclic) bond motifs is 8. The van der Waals surface area contributed by atoms with Gasteiger partial charge in [-0.3, -0.25) is 0 Å². The Morgan fingerprint density at radius 2 is 0.600 bits per heavy atom. The molecule has 75 heavy (non-hydrogen) atoms. The van der Waals surface area contributed by atoms with Crippen LogP contribution >= 0.6 is 0 Å². The van der Waals surface area contributed by atoms with Gasteiger partial charge in [0.05, 0.1) is 30.1 Å². The van der Waals surface area contributed by atoms with E-state index in [-0.39, 0.29) is 55.5 Å². The van der Waals surface area contributed by atoms with Gasteiger partial charge in [-0.2, -0.15) is 0 Å². The molecule has 4 N–H and O–H groups in total. The summed E-state index contributed by atoms with van der Waals surface area (Å²) in [6.45, 7) is 55.9. The number of phenolic OH excluding ortho intramolecular Hbond substituents is 4. The molecule has 0 amide bonds. The molecule has 4 aliphatic carbocycles. The Bertz CT molecular complexity index is 2680. The molecule has 4 aliphatic rings. The van der Waals surface area contributed by atoms with Gasteiger partial charge in [0, 0.05) is 27.0 Å². The number of ether oxygens (including phenoxy) is 2. The van der Waals surface area contributed by atoms with Gasteiger partial charge in [-0.25, -0.2) is 0 Å². The predicted molar refractivity (Wildman–Crippen MR) is 333 cm³/mol. The molecule has 4 aromatic rings. The second-order valence-electron chi connectivity index (χ2n) is 31.0. The second kappa shape index (κ2) is 20.4. The molecule has 0 radical (unpaired) electrons. The van der Waals surface area contributed by atoms with Gasteiger partial charge in [-0.05, 0) is 180 Å². The summed E-state index contributed by atoms with van der Waals surface area (Å²) in [6.07, 6.45) is 5.40. The van der Waals surface area contributed by atoms with E-state index in [4.69, 9.17) is 18.3 Å². The molecule has 0 saturated carbocycles. The summed E-state index contributed by atoms with van der Waals surface area (Å²) in [6, 6.07) is 16.1. The SMILES string of the molecule is CC1(C)CC2(CC(C)(C)c3cc(O)c(O)cc32)c2cc(O)c(O)cc21.C[SiH](C)COc1cc2c(cc1O[Si](C)(C)C)C(C)(C)CC21CC(C)(C)c2cc(OC[SiH](C)C)c(O[Si](C)(C)C)cc21.C[Si](C)(C)C[Si](C)(C)C. The van der Waals surface area contributed by atoms with Crippen LogP contribution in [0.4, 0.5) is 0 Å². The van der Waals surface area contributed by atoms with Gasteiger partial charge in [-0.15, -0.1) is 0 Å². The van der Waals surface area contributed by atoms with Crippen LogP contribution in [0.25, 0.3) is 0 Å². The van der Waals surface area contributed by atoms with Crippen LogP contribution in [-0.4, -0.2) is 83.3 Å². The van der Waals surface area contributed by atoms with Crippen LogP contribution in [0.15, 0.2) is 48.5 Å². The highest BCUT2D eigenvalue weighted by atomic mass is 28.4. The van der Waals surface area contributed by atoms with Crippen LogP contribution < -0.4 is 18.3 Å². The largest absolute Gasteiger partial charge is 0.542 e. The summed E-state index contributed by atoms with van der Waals surface area (Å²) in [5.74, 6) is 3.28. The van der Waals surface area contributed by atoms with Crippen LogP contribution in [0, 0.1) is 0 Å². The van der Waals surface area contributed by atoms with Crippen molar-refractivity contribution in [3.63, 3.8) is 0 Å². The van der Waals surface area contributed by atoms with Crippen molar-refractivity contribution >= 4 is 50.4 Å². The van der Waals surface area contributed by atoms with Gasteiger partial charge in [0.15, 0.2) is 34.5 Å². The number of hydrogen-bond donors (Lipinski definition) is 4. The van der Waals surface area contributed by atoms with Crippen molar-refractivity contribution in [2.24, 2.45) is 0 Å². The lowest BCUT2D eigenvalue weighted by atomic mass is 9.72. The highest BCUT2D eigenvalue weighted by molar-refractivity contribution is 6.94. The molecule has 0 aliphatic heterocycles. The summed E-state index contributed by atoms with van der Waals surface area (Å²) >= 11 is 0. The molecule has 4 aromatic carbocycles. The first-order chi connectivity index (χ1) is 33.8. The quantitative estimate of drug-likeness (QED) is 0.0819. The van der Waals surface area contributed by atoms with Gasteiger partial charge in [0.1, 0.15) is 11.5 Å². The Labute approximate surface area is 461 Å². The number of hydrogen-bond acceptors (Lipinski definition) is 8. The predicted octanol–water partition coefficient (Wildman–Crippen LogP) is 15.9. The summed E-state index contributed by atoms with van der Waals surface area (Å²) in [5, 5.41) is 40.3. The van der Waals surface area contributed by atoms with Crippen molar-refractivity contribution in [2.75, 3.05) is 12.5 Å². The number of aromatic hydroxyl groups is 4. The third-order valence-corrected chi connectivity index (χ3v) is 27.2. The average molecular weight is 1130 g/mol. The van der Waals surface area contributed by atoms with Gasteiger partial charge < -0.3 is 38.8 Å². The van der Waals surface area contributed by atoms with Crippen molar-refractivity contribution in [3.8, 4) is 46.0 Å². The third kappa shape index (κ3) is 13.2. The van der Waals surface area contributed by atoms with E-state index in [1.54, 1.807) is 29.9 Å². The van der Waals surface area contributed by atoms with Crippen LogP contribution in [-0.2, 0) is 32.5 Å².